The van der Waals surface area contributed by atoms with Crippen molar-refractivity contribution >= 4 is 5.91 Å². The van der Waals surface area contributed by atoms with E-state index in [-0.39, 0.29) is 5.91 Å². The molecule has 0 aliphatic carbocycles. The van der Waals surface area contributed by atoms with Gasteiger partial charge in [-0.3, -0.25) is 4.79 Å². The zero-order valence-corrected chi connectivity index (χ0v) is 8.50. The molecular weight excluding hydrogens is 178 g/mol. The number of carbonyl (C=O) groups excluding carboxylic acids is 1. The van der Waals surface area contributed by atoms with Crippen molar-refractivity contribution in [2.75, 3.05) is 6.54 Å². The summed E-state index contributed by atoms with van der Waals surface area (Å²) in [6.45, 7) is 4.42. The predicted octanol–water partition coefficient (Wildman–Crippen LogP) is 1.03. The number of rotatable bonds is 4. The van der Waals surface area contributed by atoms with E-state index in [1.165, 1.54) is 0 Å². The summed E-state index contributed by atoms with van der Waals surface area (Å²) in [4.78, 5) is 18.0. The van der Waals surface area contributed by atoms with E-state index in [0.29, 0.717) is 6.54 Å². The van der Waals surface area contributed by atoms with Crippen LogP contribution in [0.15, 0.2) is 24.2 Å². The average molecular weight is 193 g/mol. The van der Waals surface area contributed by atoms with E-state index in [1.54, 1.807) is 18.6 Å². The molecule has 0 aliphatic rings. The summed E-state index contributed by atoms with van der Waals surface area (Å²) in [5.41, 5.74) is 2.03. The molecule has 0 aromatic carbocycles. The van der Waals surface area contributed by atoms with Crippen molar-refractivity contribution in [2.24, 2.45) is 0 Å². The van der Waals surface area contributed by atoms with Crippen molar-refractivity contribution in [2.45, 2.75) is 20.3 Å². The van der Waals surface area contributed by atoms with Gasteiger partial charge in [0.05, 0.1) is 6.33 Å². The number of carbonyl (C=O) groups is 1. The number of H-pyrrole nitrogens is 1. The molecule has 2 N–H and O–H groups in total. The second kappa shape index (κ2) is 5.21. The van der Waals surface area contributed by atoms with Gasteiger partial charge in [-0.25, -0.2) is 4.98 Å². The molecule has 76 valence electrons. The largest absolute Gasteiger partial charge is 0.352 e. The first kappa shape index (κ1) is 10.5. The van der Waals surface area contributed by atoms with Crippen molar-refractivity contribution in [3.63, 3.8) is 0 Å². The van der Waals surface area contributed by atoms with E-state index in [9.17, 15) is 4.79 Å². The molecule has 0 radical (unpaired) electrons. The predicted molar refractivity (Wildman–Crippen MR) is 54.7 cm³/mol. The first-order chi connectivity index (χ1) is 6.68. The molecule has 0 spiro atoms. The lowest BCUT2D eigenvalue weighted by Crippen LogP contribution is -2.23. The van der Waals surface area contributed by atoms with Crippen LogP contribution in [0.2, 0.25) is 0 Å². The fourth-order valence-electron chi connectivity index (χ4n) is 1.05. The van der Waals surface area contributed by atoms with Gasteiger partial charge in [0.2, 0.25) is 5.91 Å². The molecule has 1 rings (SSSR count). The highest BCUT2D eigenvalue weighted by Gasteiger charge is 1.96. The van der Waals surface area contributed by atoms with E-state index in [4.69, 9.17) is 0 Å². The first-order valence-corrected chi connectivity index (χ1v) is 4.58. The van der Waals surface area contributed by atoms with Gasteiger partial charge < -0.3 is 10.3 Å². The maximum Gasteiger partial charge on any atom is 0.243 e. The highest BCUT2D eigenvalue weighted by atomic mass is 16.1. The standard InChI is InChI=1S/C10H15N3O/c1-8(2)5-10(14)12-4-3-9-6-11-7-13-9/h5-7H,3-4H2,1-2H3,(H,11,13)(H,12,14). The van der Waals surface area contributed by atoms with Crippen molar-refractivity contribution in [1.29, 1.82) is 0 Å². The number of imidazole rings is 1. The van der Waals surface area contributed by atoms with Gasteiger partial charge >= 0.3 is 0 Å². The van der Waals surface area contributed by atoms with Crippen LogP contribution < -0.4 is 5.32 Å². The van der Waals surface area contributed by atoms with Crippen LogP contribution in [0.25, 0.3) is 0 Å². The number of amides is 1. The Hall–Kier alpha value is -1.58. The van der Waals surface area contributed by atoms with Crippen LogP contribution in [0, 0.1) is 0 Å². The third-order valence-electron chi connectivity index (χ3n) is 1.67. The second-order valence-electron chi connectivity index (χ2n) is 3.34. The van der Waals surface area contributed by atoms with E-state index in [1.807, 2.05) is 13.8 Å². The number of aromatic nitrogens is 2. The monoisotopic (exact) mass is 193 g/mol. The molecule has 0 saturated carbocycles. The number of nitrogens with one attached hydrogen (secondary N) is 2. The summed E-state index contributed by atoms with van der Waals surface area (Å²) in [7, 11) is 0. The second-order valence-corrected chi connectivity index (χ2v) is 3.34. The Bertz CT molecular complexity index is 310. The SMILES string of the molecule is CC(C)=CC(=O)NCCc1cnc[nH]1. The van der Waals surface area contributed by atoms with Crippen LogP contribution in [-0.4, -0.2) is 22.4 Å². The lowest BCUT2D eigenvalue weighted by Gasteiger charge is -2.00. The fourth-order valence-corrected chi connectivity index (χ4v) is 1.05. The summed E-state index contributed by atoms with van der Waals surface area (Å²) in [6.07, 6.45) is 5.76. The van der Waals surface area contributed by atoms with Gasteiger partial charge in [-0.2, -0.15) is 0 Å². The third-order valence-corrected chi connectivity index (χ3v) is 1.67. The minimum atomic E-state index is -0.0375. The zero-order chi connectivity index (χ0) is 10.4. The number of aromatic amines is 1. The number of allylic oxidation sites excluding steroid dienone is 1. The average Bonchev–Trinajstić information content (AvgIpc) is 2.55. The van der Waals surface area contributed by atoms with Gasteiger partial charge in [-0.15, -0.1) is 0 Å². The first-order valence-electron chi connectivity index (χ1n) is 4.58. The molecule has 4 heteroatoms. The van der Waals surface area contributed by atoms with Crippen LogP contribution in [0.3, 0.4) is 0 Å². The molecule has 1 aromatic rings. The molecule has 0 unspecified atom stereocenters. The van der Waals surface area contributed by atoms with Crippen LogP contribution in [0.4, 0.5) is 0 Å². The summed E-state index contributed by atoms with van der Waals surface area (Å²) in [6, 6.07) is 0. The number of nitrogens with zero attached hydrogens (tertiary/aromatic N) is 1. The smallest absolute Gasteiger partial charge is 0.243 e. The van der Waals surface area contributed by atoms with Crippen LogP contribution in [-0.2, 0) is 11.2 Å². The van der Waals surface area contributed by atoms with E-state index < -0.39 is 0 Å². The van der Waals surface area contributed by atoms with Gasteiger partial charge in [-0.1, -0.05) is 5.57 Å². The Labute approximate surface area is 83.4 Å². The van der Waals surface area contributed by atoms with Gasteiger partial charge in [0.15, 0.2) is 0 Å². The molecule has 0 bridgehead atoms. The summed E-state index contributed by atoms with van der Waals surface area (Å²) >= 11 is 0. The summed E-state index contributed by atoms with van der Waals surface area (Å²) < 4.78 is 0. The lowest BCUT2D eigenvalue weighted by atomic mass is 10.3. The van der Waals surface area contributed by atoms with Gasteiger partial charge in [0, 0.05) is 30.9 Å². The zero-order valence-electron chi connectivity index (χ0n) is 8.50. The van der Waals surface area contributed by atoms with Crippen LogP contribution >= 0.6 is 0 Å². The summed E-state index contributed by atoms with van der Waals surface area (Å²) in [5, 5.41) is 2.79. The minimum Gasteiger partial charge on any atom is -0.352 e. The Morgan fingerprint density at radius 2 is 2.43 bits per heavy atom. The molecule has 14 heavy (non-hydrogen) atoms. The Balaban J connectivity index is 2.22. The highest BCUT2D eigenvalue weighted by Crippen LogP contribution is 1.91. The highest BCUT2D eigenvalue weighted by molar-refractivity contribution is 5.87. The molecule has 0 aliphatic heterocycles. The van der Waals surface area contributed by atoms with E-state index >= 15 is 0 Å². The molecule has 0 fully saturated rings. The van der Waals surface area contributed by atoms with Crippen molar-refractivity contribution in [3.05, 3.63) is 29.9 Å². The van der Waals surface area contributed by atoms with Crippen LogP contribution in [0.5, 0.6) is 0 Å². The fraction of sp³-hybridized carbons (Fsp3) is 0.400. The van der Waals surface area contributed by atoms with E-state index in [2.05, 4.69) is 15.3 Å². The van der Waals surface area contributed by atoms with E-state index in [0.717, 1.165) is 17.7 Å². The maximum atomic E-state index is 11.2. The van der Waals surface area contributed by atoms with Gasteiger partial charge in [0.1, 0.15) is 0 Å². The number of hydrogen-bond acceptors (Lipinski definition) is 2. The van der Waals surface area contributed by atoms with Crippen molar-refractivity contribution < 1.29 is 4.79 Å². The van der Waals surface area contributed by atoms with Crippen molar-refractivity contribution in [3.8, 4) is 0 Å². The Kier molecular flexibility index (Phi) is 3.91. The normalized spacial score (nSPS) is 9.57. The van der Waals surface area contributed by atoms with Crippen LogP contribution in [0.1, 0.15) is 19.5 Å². The molecular formula is C10H15N3O. The summed E-state index contributed by atoms with van der Waals surface area (Å²) in [5.74, 6) is -0.0375. The number of hydrogen-bond donors (Lipinski definition) is 2. The lowest BCUT2D eigenvalue weighted by molar-refractivity contribution is -0.116. The molecule has 1 amide bonds. The molecule has 1 heterocycles. The Morgan fingerprint density at radius 3 is 3.00 bits per heavy atom. The van der Waals surface area contributed by atoms with Gasteiger partial charge in [-0.05, 0) is 13.8 Å². The maximum absolute atomic E-state index is 11.2. The Morgan fingerprint density at radius 1 is 1.64 bits per heavy atom. The van der Waals surface area contributed by atoms with Gasteiger partial charge in [0.25, 0.3) is 0 Å². The molecule has 0 atom stereocenters. The molecule has 4 nitrogen and oxygen atoms in total. The van der Waals surface area contributed by atoms with Crippen molar-refractivity contribution in [1.82, 2.24) is 15.3 Å². The minimum absolute atomic E-state index is 0.0375. The molecule has 1 aromatic heterocycles. The quantitative estimate of drug-likeness (QED) is 0.702. The topological polar surface area (TPSA) is 57.8 Å². The third kappa shape index (κ3) is 3.89. The molecule has 0 saturated heterocycles.